The quantitative estimate of drug-likeness (QED) is 0.591. The molecule has 0 unspecified atom stereocenters. The summed E-state index contributed by atoms with van der Waals surface area (Å²) in [5.74, 6) is 1.34. The van der Waals surface area contributed by atoms with Crippen LogP contribution in [-0.4, -0.2) is 22.1 Å². The molecule has 0 aliphatic heterocycles. The van der Waals surface area contributed by atoms with Gasteiger partial charge in [-0.2, -0.15) is 0 Å². The minimum atomic E-state index is 0.433. The van der Waals surface area contributed by atoms with Gasteiger partial charge in [0, 0.05) is 0 Å². The summed E-state index contributed by atoms with van der Waals surface area (Å²) in [5, 5.41) is 1.16. The molecule has 0 saturated heterocycles. The molecule has 0 heterocycles. The second kappa shape index (κ2) is 8.01. The zero-order valence-corrected chi connectivity index (χ0v) is 14.9. The van der Waals surface area contributed by atoms with Gasteiger partial charge in [-0.3, -0.25) is 0 Å². The number of benzene rings is 3. The van der Waals surface area contributed by atoms with Gasteiger partial charge in [0.1, 0.15) is 0 Å². The van der Waals surface area contributed by atoms with E-state index in [0.29, 0.717) is 20.9 Å². The van der Waals surface area contributed by atoms with E-state index in [2.05, 4.69) is 84.9 Å². The van der Waals surface area contributed by atoms with Crippen molar-refractivity contribution in [3.63, 3.8) is 0 Å². The first-order chi connectivity index (χ1) is 11.4. The van der Waals surface area contributed by atoms with Gasteiger partial charge in [0.2, 0.25) is 0 Å². The van der Waals surface area contributed by atoms with Crippen LogP contribution in [0.4, 0.5) is 0 Å². The zero-order chi connectivity index (χ0) is 15.9. The summed E-state index contributed by atoms with van der Waals surface area (Å²) < 4.78 is 6.74. The van der Waals surface area contributed by atoms with E-state index in [1.807, 2.05) is 0 Å². The Hall–Kier alpha value is -2.02. The molecular formula is C21H20OSe. The molecule has 3 aromatic carbocycles. The van der Waals surface area contributed by atoms with E-state index in [9.17, 15) is 0 Å². The SMILES string of the molecule is COc1ccc([C@@H](C[Se]c2ccccc2)c2ccccc2)cc1. The maximum atomic E-state index is 5.29. The second-order valence-electron chi connectivity index (χ2n) is 5.36. The average Bonchev–Trinajstić information content (AvgIpc) is 2.64. The molecule has 2 heteroatoms. The van der Waals surface area contributed by atoms with Crippen LogP contribution < -0.4 is 9.20 Å². The molecule has 0 aliphatic carbocycles. The third kappa shape index (κ3) is 4.25. The Balaban J connectivity index is 1.84. The van der Waals surface area contributed by atoms with Crippen molar-refractivity contribution < 1.29 is 4.74 Å². The first-order valence-electron chi connectivity index (χ1n) is 7.73. The predicted octanol–water partition coefficient (Wildman–Crippen LogP) is 4.28. The third-order valence-corrected chi connectivity index (χ3v) is 6.20. The Kier molecular flexibility index (Phi) is 5.52. The van der Waals surface area contributed by atoms with Gasteiger partial charge in [0.15, 0.2) is 0 Å². The van der Waals surface area contributed by atoms with Crippen molar-refractivity contribution in [1.29, 1.82) is 0 Å². The summed E-state index contributed by atoms with van der Waals surface area (Å²) in [6.45, 7) is 0. The summed E-state index contributed by atoms with van der Waals surface area (Å²) in [4.78, 5) is 0. The molecule has 23 heavy (non-hydrogen) atoms. The average molecular weight is 367 g/mol. The van der Waals surface area contributed by atoms with Crippen molar-refractivity contribution in [2.75, 3.05) is 7.11 Å². The molecule has 0 saturated carbocycles. The molecule has 0 radical (unpaired) electrons. The van der Waals surface area contributed by atoms with Crippen molar-refractivity contribution in [2.24, 2.45) is 0 Å². The summed E-state index contributed by atoms with van der Waals surface area (Å²) in [5.41, 5.74) is 2.74. The van der Waals surface area contributed by atoms with Crippen molar-refractivity contribution in [1.82, 2.24) is 0 Å². The van der Waals surface area contributed by atoms with E-state index in [-0.39, 0.29) is 0 Å². The fourth-order valence-electron chi connectivity index (χ4n) is 2.60. The molecule has 3 aromatic rings. The number of hydrogen-bond acceptors (Lipinski definition) is 1. The number of rotatable bonds is 6. The molecule has 1 atom stereocenters. The van der Waals surface area contributed by atoms with Crippen molar-refractivity contribution >= 4 is 19.4 Å². The van der Waals surface area contributed by atoms with Gasteiger partial charge in [-0.25, -0.2) is 0 Å². The topological polar surface area (TPSA) is 9.23 Å². The molecule has 0 bridgehead atoms. The van der Waals surface area contributed by atoms with Gasteiger partial charge >= 0.3 is 144 Å². The van der Waals surface area contributed by atoms with Crippen molar-refractivity contribution in [3.05, 3.63) is 96.1 Å². The Morgan fingerprint density at radius 1 is 0.739 bits per heavy atom. The van der Waals surface area contributed by atoms with Crippen LogP contribution in [0.5, 0.6) is 5.75 Å². The molecule has 0 aliphatic rings. The van der Waals surface area contributed by atoms with Crippen LogP contribution in [0.1, 0.15) is 17.0 Å². The maximum absolute atomic E-state index is 5.29. The van der Waals surface area contributed by atoms with Crippen molar-refractivity contribution in [3.8, 4) is 5.75 Å². The summed E-state index contributed by atoms with van der Waals surface area (Å²) in [6.07, 6.45) is 0. The Labute approximate surface area is 144 Å². The Bertz CT molecular complexity index is 708. The zero-order valence-electron chi connectivity index (χ0n) is 13.2. The molecule has 0 amide bonds. The summed E-state index contributed by atoms with van der Waals surface area (Å²) in [7, 11) is 1.71. The summed E-state index contributed by atoms with van der Waals surface area (Å²) >= 11 is 0.460. The molecular weight excluding hydrogens is 347 g/mol. The number of methoxy groups -OCH3 is 1. The first-order valence-corrected chi connectivity index (χ1v) is 9.80. The Morgan fingerprint density at radius 3 is 1.91 bits per heavy atom. The molecule has 3 rings (SSSR count). The molecule has 0 spiro atoms. The third-order valence-electron chi connectivity index (χ3n) is 3.88. The molecule has 1 nitrogen and oxygen atoms in total. The Morgan fingerprint density at radius 2 is 1.30 bits per heavy atom. The molecule has 116 valence electrons. The van der Waals surface area contributed by atoms with E-state index in [0.717, 1.165) is 11.1 Å². The van der Waals surface area contributed by atoms with Crippen LogP contribution in [0.3, 0.4) is 0 Å². The van der Waals surface area contributed by atoms with Crippen LogP contribution >= 0.6 is 0 Å². The standard InChI is InChI=1S/C21H20OSe/c1-22-19-14-12-18(13-15-19)21(17-8-4-2-5-9-17)16-23-20-10-6-3-7-11-20/h2-15,21H,16H2,1H3/t21-/m0/s1. The van der Waals surface area contributed by atoms with Gasteiger partial charge < -0.3 is 0 Å². The van der Waals surface area contributed by atoms with E-state index >= 15 is 0 Å². The van der Waals surface area contributed by atoms with Crippen molar-refractivity contribution in [2.45, 2.75) is 11.2 Å². The fourth-order valence-corrected chi connectivity index (χ4v) is 4.90. The van der Waals surface area contributed by atoms with Crippen LogP contribution in [0.2, 0.25) is 5.32 Å². The van der Waals surface area contributed by atoms with Crippen LogP contribution in [-0.2, 0) is 0 Å². The first kappa shape index (κ1) is 15.9. The van der Waals surface area contributed by atoms with Crippen LogP contribution in [0, 0.1) is 0 Å². The van der Waals surface area contributed by atoms with Gasteiger partial charge in [0.05, 0.1) is 0 Å². The summed E-state index contributed by atoms with van der Waals surface area (Å²) in [6, 6.07) is 30.1. The van der Waals surface area contributed by atoms with E-state index in [1.54, 1.807) is 7.11 Å². The van der Waals surface area contributed by atoms with Crippen LogP contribution in [0.25, 0.3) is 0 Å². The van der Waals surface area contributed by atoms with Gasteiger partial charge in [-0.05, 0) is 0 Å². The molecule has 0 fully saturated rings. The molecule has 0 N–H and O–H groups in total. The molecule has 0 aromatic heterocycles. The fraction of sp³-hybridized carbons (Fsp3) is 0.143. The normalized spacial score (nSPS) is 11.9. The number of hydrogen-bond donors (Lipinski definition) is 0. The second-order valence-corrected chi connectivity index (χ2v) is 7.65. The number of ether oxygens (including phenoxy) is 1. The monoisotopic (exact) mass is 368 g/mol. The predicted molar refractivity (Wildman–Crippen MR) is 97.9 cm³/mol. The van der Waals surface area contributed by atoms with Gasteiger partial charge in [0.25, 0.3) is 0 Å². The minimum absolute atomic E-state index is 0.433. The van der Waals surface area contributed by atoms with Gasteiger partial charge in [-0.1, -0.05) is 0 Å². The van der Waals surface area contributed by atoms with E-state index in [4.69, 9.17) is 4.74 Å². The van der Waals surface area contributed by atoms with Crippen LogP contribution in [0.15, 0.2) is 84.9 Å². The van der Waals surface area contributed by atoms with E-state index in [1.165, 1.54) is 15.6 Å². The van der Waals surface area contributed by atoms with Gasteiger partial charge in [-0.15, -0.1) is 0 Å². The van der Waals surface area contributed by atoms with E-state index < -0.39 is 0 Å².